The van der Waals surface area contributed by atoms with E-state index >= 15 is 0 Å². The molecule has 0 aliphatic carbocycles. The number of fused-ring (bicyclic) bond motifs is 1. The predicted octanol–water partition coefficient (Wildman–Crippen LogP) is 3.61. The second-order valence-electron chi connectivity index (χ2n) is 6.43. The number of hydrogen-bond donors (Lipinski definition) is 2. The Morgan fingerprint density at radius 2 is 1.96 bits per heavy atom. The molecule has 2 amide bonds. The van der Waals surface area contributed by atoms with Gasteiger partial charge in [-0.3, -0.25) is 0 Å². The van der Waals surface area contributed by atoms with Crippen LogP contribution in [-0.2, 0) is 6.42 Å². The third-order valence-electron chi connectivity index (χ3n) is 4.79. The Morgan fingerprint density at radius 1 is 1.23 bits per heavy atom. The van der Waals surface area contributed by atoms with Gasteiger partial charge in [0.15, 0.2) is 0 Å². The van der Waals surface area contributed by atoms with E-state index in [0.29, 0.717) is 19.5 Å². The molecule has 3 rings (SSSR count). The van der Waals surface area contributed by atoms with Crippen molar-refractivity contribution in [1.29, 1.82) is 0 Å². The van der Waals surface area contributed by atoms with Crippen molar-refractivity contribution in [2.75, 3.05) is 20.1 Å². The maximum atomic E-state index is 13.4. The molecule has 4 nitrogen and oxygen atoms in total. The minimum absolute atomic E-state index is 0.113. The molecule has 1 aliphatic heterocycles. The first-order chi connectivity index (χ1) is 12.6. The molecule has 2 aromatic carbocycles. The van der Waals surface area contributed by atoms with Crippen molar-refractivity contribution in [3.8, 4) is 0 Å². The fourth-order valence-electron chi connectivity index (χ4n) is 3.34. The Kier molecular flexibility index (Phi) is 5.56. The molecule has 26 heavy (non-hydrogen) atoms. The maximum Gasteiger partial charge on any atom is 0.318 e. The number of urea groups is 1. The summed E-state index contributed by atoms with van der Waals surface area (Å²) in [5, 5.41) is 5.95. The van der Waals surface area contributed by atoms with Crippen LogP contribution in [0.15, 0.2) is 60.8 Å². The van der Waals surface area contributed by atoms with Gasteiger partial charge in [-0.25, -0.2) is 9.18 Å². The topological polar surface area (TPSA) is 44.4 Å². The van der Waals surface area contributed by atoms with E-state index in [1.807, 2.05) is 30.1 Å². The van der Waals surface area contributed by atoms with Gasteiger partial charge in [0.05, 0.1) is 6.04 Å². The van der Waals surface area contributed by atoms with Gasteiger partial charge in [-0.05, 0) is 35.2 Å². The molecular formula is C21H24FN3O. The summed E-state index contributed by atoms with van der Waals surface area (Å²) in [6.45, 7) is 5.02. The molecule has 0 saturated carbocycles. The Morgan fingerprint density at radius 3 is 2.69 bits per heavy atom. The fraction of sp³-hybridized carbons (Fsp3) is 0.286. The molecular weight excluding hydrogens is 329 g/mol. The van der Waals surface area contributed by atoms with Crippen LogP contribution in [-0.4, -0.2) is 31.1 Å². The maximum absolute atomic E-state index is 13.4. The van der Waals surface area contributed by atoms with Crippen LogP contribution in [0.3, 0.4) is 0 Å². The number of halogens is 1. The number of carbonyl (C=O) groups is 1. The van der Waals surface area contributed by atoms with E-state index in [0.717, 1.165) is 23.2 Å². The Labute approximate surface area is 153 Å². The highest BCUT2D eigenvalue weighted by molar-refractivity contribution is 5.76. The van der Waals surface area contributed by atoms with Gasteiger partial charge in [0.25, 0.3) is 0 Å². The quantitative estimate of drug-likeness (QED) is 0.862. The predicted molar refractivity (Wildman–Crippen MR) is 101 cm³/mol. The average Bonchev–Trinajstić information content (AvgIpc) is 2.67. The molecule has 5 heteroatoms. The van der Waals surface area contributed by atoms with Crippen molar-refractivity contribution in [3.05, 3.63) is 83.3 Å². The number of amides is 2. The number of nitrogens with one attached hydrogen (secondary N) is 2. The fourth-order valence-corrected chi connectivity index (χ4v) is 3.34. The lowest BCUT2D eigenvalue weighted by Crippen LogP contribution is -2.46. The normalized spacial score (nSPS) is 15.9. The average molecular weight is 353 g/mol. The van der Waals surface area contributed by atoms with E-state index in [2.05, 4.69) is 23.3 Å². The molecule has 0 bridgehead atoms. The Bertz CT molecular complexity index is 788. The van der Waals surface area contributed by atoms with Crippen LogP contribution in [0.2, 0.25) is 0 Å². The Hall–Kier alpha value is -2.82. The smallest absolute Gasteiger partial charge is 0.318 e. The van der Waals surface area contributed by atoms with Crippen LogP contribution < -0.4 is 10.6 Å². The van der Waals surface area contributed by atoms with Crippen molar-refractivity contribution >= 4 is 6.03 Å². The SMILES string of the molecule is C=C(CCNC(=O)N1CCc2ccccc2[C@@H]1c1ccc(F)cc1)NC. The zero-order valence-electron chi connectivity index (χ0n) is 15.0. The van der Waals surface area contributed by atoms with Gasteiger partial charge in [0, 0.05) is 32.3 Å². The summed E-state index contributed by atoms with van der Waals surface area (Å²) in [5.74, 6) is -0.278. The summed E-state index contributed by atoms with van der Waals surface area (Å²) in [7, 11) is 1.82. The van der Waals surface area contributed by atoms with Crippen LogP contribution >= 0.6 is 0 Å². The van der Waals surface area contributed by atoms with Crippen molar-refractivity contribution in [1.82, 2.24) is 15.5 Å². The van der Waals surface area contributed by atoms with Gasteiger partial charge in [0.1, 0.15) is 5.82 Å². The van der Waals surface area contributed by atoms with Gasteiger partial charge in [-0.2, -0.15) is 0 Å². The van der Waals surface area contributed by atoms with Crippen molar-refractivity contribution in [2.24, 2.45) is 0 Å². The monoisotopic (exact) mass is 353 g/mol. The molecule has 1 heterocycles. The third kappa shape index (κ3) is 3.87. The van der Waals surface area contributed by atoms with Crippen molar-refractivity contribution in [3.63, 3.8) is 0 Å². The van der Waals surface area contributed by atoms with Crippen LogP contribution in [0, 0.1) is 5.82 Å². The lowest BCUT2D eigenvalue weighted by atomic mass is 9.88. The lowest BCUT2D eigenvalue weighted by molar-refractivity contribution is 0.180. The molecule has 0 saturated heterocycles. The van der Waals surface area contributed by atoms with E-state index in [9.17, 15) is 9.18 Å². The highest BCUT2D eigenvalue weighted by Gasteiger charge is 2.31. The van der Waals surface area contributed by atoms with Gasteiger partial charge in [-0.15, -0.1) is 0 Å². The van der Waals surface area contributed by atoms with Gasteiger partial charge in [-0.1, -0.05) is 43.0 Å². The van der Waals surface area contributed by atoms with Crippen molar-refractivity contribution in [2.45, 2.75) is 18.9 Å². The number of carbonyl (C=O) groups excluding carboxylic acids is 1. The lowest BCUT2D eigenvalue weighted by Gasteiger charge is -2.37. The van der Waals surface area contributed by atoms with E-state index in [-0.39, 0.29) is 17.9 Å². The van der Waals surface area contributed by atoms with Crippen molar-refractivity contribution < 1.29 is 9.18 Å². The van der Waals surface area contributed by atoms with E-state index in [1.54, 1.807) is 12.1 Å². The number of benzene rings is 2. The molecule has 0 fully saturated rings. The second-order valence-corrected chi connectivity index (χ2v) is 6.43. The molecule has 2 aromatic rings. The number of hydrogen-bond acceptors (Lipinski definition) is 2. The van der Waals surface area contributed by atoms with Gasteiger partial charge >= 0.3 is 6.03 Å². The molecule has 0 radical (unpaired) electrons. The van der Waals surface area contributed by atoms with Crippen LogP contribution in [0.5, 0.6) is 0 Å². The highest BCUT2D eigenvalue weighted by atomic mass is 19.1. The van der Waals surface area contributed by atoms with Gasteiger partial charge < -0.3 is 15.5 Å². The largest absolute Gasteiger partial charge is 0.392 e. The summed E-state index contributed by atoms with van der Waals surface area (Å²) in [6.07, 6.45) is 1.48. The molecule has 0 aromatic heterocycles. The standard InChI is InChI=1S/C21H24FN3O/c1-15(23-2)11-13-24-21(26)25-14-12-16-5-3-4-6-19(16)20(25)17-7-9-18(22)10-8-17/h3-10,20,23H,1,11-14H2,2H3,(H,24,26)/t20-/m0/s1. The Balaban J connectivity index is 1.85. The van der Waals surface area contributed by atoms with E-state index < -0.39 is 0 Å². The second kappa shape index (κ2) is 8.04. The van der Waals surface area contributed by atoms with Crippen LogP contribution in [0.25, 0.3) is 0 Å². The zero-order chi connectivity index (χ0) is 18.5. The van der Waals surface area contributed by atoms with Gasteiger partial charge in [0.2, 0.25) is 0 Å². The molecule has 0 spiro atoms. The van der Waals surface area contributed by atoms with Crippen LogP contribution in [0.4, 0.5) is 9.18 Å². The number of nitrogens with zero attached hydrogens (tertiary/aromatic N) is 1. The number of rotatable bonds is 5. The zero-order valence-corrected chi connectivity index (χ0v) is 15.0. The van der Waals surface area contributed by atoms with E-state index in [1.165, 1.54) is 17.7 Å². The summed E-state index contributed by atoms with van der Waals surface area (Å²) in [4.78, 5) is 14.7. The summed E-state index contributed by atoms with van der Waals surface area (Å²) < 4.78 is 13.4. The minimum atomic E-state index is -0.278. The molecule has 0 unspecified atom stereocenters. The van der Waals surface area contributed by atoms with E-state index in [4.69, 9.17) is 0 Å². The molecule has 136 valence electrons. The summed E-state index contributed by atoms with van der Waals surface area (Å²) >= 11 is 0. The molecule has 1 aliphatic rings. The minimum Gasteiger partial charge on any atom is -0.392 e. The van der Waals surface area contributed by atoms with Crippen LogP contribution in [0.1, 0.15) is 29.2 Å². The first-order valence-electron chi connectivity index (χ1n) is 8.83. The summed E-state index contributed by atoms with van der Waals surface area (Å²) in [6, 6.07) is 14.2. The third-order valence-corrected chi connectivity index (χ3v) is 4.79. The summed E-state index contributed by atoms with van der Waals surface area (Å²) in [5.41, 5.74) is 4.12. The highest BCUT2D eigenvalue weighted by Crippen LogP contribution is 2.35. The molecule has 2 N–H and O–H groups in total. The first-order valence-corrected chi connectivity index (χ1v) is 8.83. The molecule has 1 atom stereocenters. The first kappa shape index (κ1) is 18.0.